The van der Waals surface area contributed by atoms with Crippen molar-refractivity contribution >= 4 is 5.78 Å². The van der Waals surface area contributed by atoms with Crippen LogP contribution in [-0.4, -0.2) is 60.6 Å². The smallest absolute Gasteiger partial charge is 0.282 e. The zero-order valence-corrected chi connectivity index (χ0v) is 18.3. The second-order valence-electron chi connectivity index (χ2n) is 8.67. The molecule has 0 amide bonds. The van der Waals surface area contributed by atoms with E-state index in [1.54, 1.807) is 0 Å². The summed E-state index contributed by atoms with van der Waals surface area (Å²) in [7, 11) is 0. The van der Waals surface area contributed by atoms with Crippen molar-refractivity contribution in [1.82, 2.24) is 9.80 Å². The van der Waals surface area contributed by atoms with Gasteiger partial charge in [-0.2, -0.15) is 0 Å². The van der Waals surface area contributed by atoms with Gasteiger partial charge in [-0.25, -0.2) is 4.90 Å². The molecule has 0 aliphatic carbocycles. The highest BCUT2D eigenvalue weighted by Crippen LogP contribution is 2.40. The van der Waals surface area contributed by atoms with E-state index in [2.05, 4.69) is 41.0 Å². The van der Waals surface area contributed by atoms with Crippen molar-refractivity contribution in [2.45, 2.75) is 45.4 Å². The molecule has 5 rings (SSSR count). The number of fused-ring (bicyclic) bond motifs is 2. The van der Waals surface area contributed by atoms with Crippen LogP contribution in [0.1, 0.15) is 40.4 Å². The second kappa shape index (κ2) is 8.36. The van der Waals surface area contributed by atoms with Gasteiger partial charge in [-0.15, -0.1) is 0 Å². The van der Waals surface area contributed by atoms with Gasteiger partial charge in [-0.1, -0.05) is 36.4 Å². The standard InChI is InChI=1S/C25H30N2O4/c1-18-6-5-9-22-23(28)16-25(31-24(18)22,27-12-14-29-15-13-27)30-19(2)26-11-10-20-7-3-4-8-21(20)17-26/h3-9,19H,10-17H2,1-2H3. The van der Waals surface area contributed by atoms with Gasteiger partial charge in [-0.05, 0) is 43.0 Å². The number of carbonyl (C=O) groups is 1. The molecule has 0 saturated carbocycles. The second-order valence-corrected chi connectivity index (χ2v) is 8.67. The van der Waals surface area contributed by atoms with Crippen molar-refractivity contribution in [2.24, 2.45) is 0 Å². The van der Waals surface area contributed by atoms with Crippen LogP contribution in [0.5, 0.6) is 5.75 Å². The first kappa shape index (κ1) is 20.6. The van der Waals surface area contributed by atoms with Crippen LogP contribution in [0.4, 0.5) is 0 Å². The van der Waals surface area contributed by atoms with Crippen molar-refractivity contribution in [2.75, 3.05) is 32.8 Å². The molecule has 0 aromatic heterocycles. The van der Waals surface area contributed by atoms with E-state index in [9.17, 15) is 4.79 Å². The van der Waals surface area contributed by atoms with E-state index >= 15 is 0 Å². The SMILES string of the molecule is Cc1cccc2c1OC(OC(C)N1CCc3ccccc3C1)(N1CCOCC1)CC2=O. The number of ketones is 1. The van der Waals surface area contributed by atoms with Gasteiger partial charge in [0, 0.05) is 26.2 Å². The maximum atomic E-state index is 13.2. The highest BCUT2D eigenvalue weighted by molar-refractivity contribution is 6.00. The summed E-state index contributed by atoms with van der Waals surface area (Å²) < 4.78 is 18.9. The van der Waals surface area contributed by atoms with Gasteiger partial charge in [0.1, 0.15) is 12.0 Å². The zero-order chi connectivity index (χ0) is 21.4. The van der Waals surface area contributed by atoms with Gasteiger partial charge in [0.15, 0.2) is 5.78 Å². The van der Waals surface area contributed by atoms with Crippen molar-refractivity contribution in [1.29, 1.82) is 0 Å². The molecule has 0 spiro atoms. The molecule has 3 aliphatic heterocycles. The van der Waals surface area contributed by atoms with E-state index < -0.39 is 5.91 Å². The quantitative estimate of drug-likeness (QED) is 0.753. The average Bonchev–Trinajstić information content (AvgIpc) is 2.80. The Bertz CT molecular complexity index is 972. The van der Waals surface area contributed by atoms with Crippen LogP contribution in [0.2, 0.25) is 0 Å². The largest absolute Gasteiger partial charge is 0.447 e. The fourth-order valence-electron chi connectivity index (χ4n) is 4.89. The minimum Gasteiger partial charge on any atom is -0.447 e. The normalized spacial score (nSPS) is 25.4. The third-order valence-corrected chi connectivity index (χ3v) is 6.68. The Balaban J connectivity index is 1.44. The monoisotopic (exact) mass is 422 g/mol. The van der Waals surface area contributed by atoms with E-state index in [0.717, 1.165) is 25.1 Å². The number of carbonyl (C=O) groups excluding carboxylic acids is 1. The first-order valence-electron chi connectivity index (χ1n) is 11.2. The Morgan fingerprint density at radius 3 is 2.61 bits per heavy atom. The number of morpholine rings is 1. The third-order valence-electron chi connectivity index (χ3n) is 6.68. The summed E-state index contributed by atoms with van der Waals surface area (Å²) in [5.41, 5.74) is 4.34. The van der Waals surface area contributed by atoms with Crippen molar-refractivity contribution in [3.8, 4) is 5.75 Å². The lowest BCUT2D eigenvalue weighted by molar-refractivity contribution is -0.321. The third kappa shape index (κ3) is 3.89. The fourth-order valence-corrected chi connectivity index (χ4v) is 4.89. The fraction of sp³-hybridized carbons (Fsp3) is 0.480. The minimum absolute atomic E-state index is 0.0626. The molecule has 164 valence electrons. The predicted molar refractivity (Wildman–Crippen MR) is 117 cm³/mol. The molecule has 1 fully saturated rings. The molecular weight excluding hydrogens is 392 g/mol. The van der Waals surface area contributed by atoms with E-state index in [1.165, 1.54) is 11.1 Å². The van der Waals surface area contributed by atoms with Crippen molar-refractivity contribution in [3.05, 3.63) is 64.7 Å². The molecule has 6 heteroatoms. The Kier molecular flexibility index (Phi) is 5.56. The van der Waals surface area contributed by atoms with Crippen LogP contribution in [-0.2, 0) is 22.4 Å². The maximum Gasteiger partial charge on any atom is 0.282 e. The number of hydrogen-bond acceptors (Lipinski definition) is 6. The first-order chi connectivity index (χ1) is 15.1. The molecule has 2 aromatic rings. The molecule has 3 heterocycles. The molecule has 1 saturated heterocycles. The molecule has 6 nitrogen and oxygen atoms in total. The van der Waals surface area contributed by atoms with Gasteiger partial charge in [-0.3, -0.25) is 9.69 Å². The van der Waals surface area contributed by atoms with Crippen LogP contribution in [0.25, 0.3) is 0 Å². The van der Waals surface area contributed by atoms with Gasteiger partial charge in [0.05, 0.1) is 25.2 Å². The summed E-state index contributed by atoms with van der Waals surface area (Å²) in [5, 5.41) is 0. The number of para-hydroxylation sites is 1. The minimum atomic E-state index is -1.11. The highest BCUT2D eigenvalue weighted by Gasteiger charge is 2.49. The molecule has 3 aliphatic rings. The predicted octanol–water partition coefficient (Wildman–Crippen LogP) is 3.37. The summed E-state index contributed by atoms with van der Waals surface area (Å²) in [4.78, 5) is 17.6. The summed E-state index contributed by atoms with van der Waals surface area (Å²) in [6, 6.07) is 14.3. The Labute approximate surface area is 183 Å². The topological polar surface area (TPSA) is 51.2 Å². The number of hydrogen-bond donors (Lipinski definition) is 0. The average molecular weight is 423 g/mol. The van der Waals surface area contributed by atoms with Gasteiger partial charge in [0.2, 0.25) is 0 Å². The summed E-state index contributed by atoms with van der Waals surface area (Å²) in [6.07, 6.45) is 0.976. The molecule has 2 aromatic carbocycles. The molecule has 0 N–H and O–H groups in total. The number of benzene rings is 2. The lowest BCUT2D eigenvalue weighted by atomic mass is 9.98. The number of rotatable bonds is 4. The lowest BCUT2D eigenvalue weighted by Gasteiger charge is -2.49. The number of ether oxygens (including phenoxy) is 3. The lowest BCUT2D eigenvalue weighted by Crippen LogP contribution is -2.63. The van der Waals surface area contributed by atoms with Crippen LogP contribution < -0.4 is 4.74 Å². The highest BCUT2D eigenvalue weighted by atomic mass is 16.7. The number of aryl methyl sites for hydroxylation is 1. The Hall–Kier alpha value is -2.25. The molecule has 31 heavy (non-hydrogen) atoms. The number of Topliss-reactive ketones (excluding diaryl/α,β-unsaturated/α-hetero) is 1. The Morgan fingerprint density at radius 2 is 1.81 bits per heavy atom. The van der Waals surface area contributed by atoms with E-state index in [4.69, 9.17) is 14.2 Å². The molecular formula is C25H30N2O4. The molecule has 2 unspecified atom stereocenters. The van der Waals surface area contributed by atoms with Crippen LogP contribution in [0.3, 0.4) is 0 Å². The summed E-state index contributed by atoms with van der Waals surface area (Å²) in [6.45, 7) is 8.35. The molecule has 0 radical (unpaired) electrons. The summed E-state index contributed by atoms with van der Waals surface area (Å²) >= 11 is 0. The first-order valence-corrected chi connectivity index (χ1v) is 11.2. The van der Waals surface area contributed by atoms with Gasteiger partial charge in [0.25, 0.3) is 5.91 Å². The van der Waals surface area contributed by atoms with Crippen LogP contribution >= 0.6 is 0 Å². The van der Waals surface area contributed by atoms with Crippen molar-refractivity contribution < 1.29 is 19.0 Å². The van der Waals surface area contributed by atoms with Gasteiger partial charge < -0.3 is 14.2 Å². The molecule has 0 bridgehead atoms. The van der Waals surface area contributed by atoms with Crippen molar-refractivity contribution in [3.63, 3.8) is 0 Å². The zero-order valence-electron chi connectivity index (χ0n) is 18.3. The Morgan fingerprint density at radius 1 is 1.03 bits per heavy atom. The van der Waals surface area contributed by atoms with Gasteiger partial charge >= 0.3 is 0 Å². The molecule has 2 atom stereocenters. The van der Waals surface area contributed by atoms with E-state index in [1.807, 2.05) is 25.1 Å². The number of nitrogens with zero attached hydrogens (tertiary/aromatic N) is 2. The van der Waals surface area contributed by atoms with E-state index in [-0.39, 0.29) is 18.4 Å². The maximum absolute atomic E-state index is 13.2. The van der Waals surface area contributed by atoms with E-state index in [0.29, 0.717) is 37.6 Å². The summed E-state index contributed by atoms with van der Waals surface area (Å²) in [5.74, 6) is -0.412. The van der Waals surface area contributed by atoms with Crippen LogP contribution in [0, 0.1) is 6.92 Å². The van der Waals surface area contributed by atoms with Crippen LogP contribution in [0.15, 0.2) is 42.5 Å².